The lowest BCUT2D eigenvalue weighted by Gasteiger charge is -2.36. The lowest BCUT2D eigenvalue weighted by atomic mass is 10.1. The van der Waals surface area contributed by atoms with Gasteiger partial charge in [-0.25, -0.2) is 4.39 Å². The molecule has 0 saturated carbocycles. The number of hydrogen-bond donors (Lipinski definition) is 1. The Labute approximate surface area is 163 Å². The van der Waals surface area contributed by atoms with Crippen LogP contribution in [0.4, 0.5) is 15.8 Å². The van der Waals surface area contributed by atoms with E-state index < -0.39 is 0 Å². The molecule has 1 saturated heterocycles. The lowest BCUT2D eigenvalue weighted by Crippen LogP contribution is -2.46. The highest BCUT2D eigenvalue weighted by Gasteiger charge is 2.22. The van der Waals surface area contributed by atoms with Gasteiger partial charge in [-0.2, -0.15) is 0 Å². The molecule has 1 amide bonds. The van der Waals surface area contributed by atoms with E-state index in [-0.39, 0.29) is 17.5 Å². The summed E-state index contributed by atoms with van der Waals surface area (Å²) in [6.45, 7) is 8.85. The summed E-state index contributed by atoms with van der Waals surface area (Å²) in [7, 11) is 0. The number of nitrogens with zero attached hydrogens (tertiary/aromatic N) is 2. The van der Waals surface area contributed by atoms with Crippen LogP contribution in [0.15, 0.2) is 46.9 Å². The number of carbonyl (C=O) groups excluding carboxylic acids is 1. The summed E-state index contributed by atoms with van der Waals surface area (Å²) in [4.78, 5) is 17.6. The molecule has 5 nitrogen and oxygen atoms in total. The van der Waals surface area contributed by atoms with Crippen LogP contribution < -0.4 is 10.2 Å². The van der Waals surface area contributed by atoms with Crippen LogP contribution >= 0.6 is 0 Å². The molecule has 0 unspecified atom stereocenters. The van der Waals surface area contributed by atoms with Gasteiger partial charge >= 0.3 is 0 Å². The summed E-state index contributed by atoms with van der Waals surface area (Å²) >= 11 is 0. The SMILES string of the molecule is CCN1CCN(c2ccccc2NC(=O)c2oc3ccc(F)cc3c2C)CC1. The average molecular weight is 381 g/mol. The molecule has 146 valence electrons. The first-order valence-electron chi connectivity index (χ1n) is 9.63. The van der Waals surface area contributed by atoms with E-state index in [2.05, 4.69) is 22.0 Å². The number of furan rings is 1. The molecule has 28 heavy (non-hydrogen) atoms. The van der Waals surface area contributed by atoms with Crippen molar-refractivity contribution < 1.29 is 13.6 Å². The zero-order valence-corrected chi connectivity index (χ0v) is 16.2. The molecule has 0 aliphatic carbocycles. The summed E-state index contributed by atoms with van der Waals surface area (Å²) in [6.07, 6.45) is 0. The Hall–Kier alpha value is -2.86. The Morgan fingerprint density at radius 2 is 1.89 bits per heavy atom. The van der Waals surface area contributed by atoms with Gasteiger partial charge in [0.1, 0.15) is 11.4 Å². The van der Waals surface area contributed by atoms with Gasteiger partial charge in [-0.05, 0) is 43.8 Å². The van der Waals surface area contributed by atoms with E-state index in [1.807, 2.05) is 24.3 Å². The van der Waals surface area contributed by atoms with Gasteiger partial charge in [-0.3, -0.25) is 4.79 Å². The number of amides is 1. The smallest absolute Gasteiger partial charge is 0.291 e. The largest absolute Gasteiger partial charge is 0.451 e. The number of anilines is 2. The number of fused-ring (bicyclic) bond motifs is 1. The van der Waals surface area contributed by atoms with Gasteiger partial charge in [0, 0.05) is 37.1 Å². The van der Waals surface area contributed by atoms with Crippen LogP contribution in [0, 0.1) is 12.7 Å². The summed E-state index contributed by atoms with van der Waals surface area (Å²) in [5.74, 6) is -0.458. The van der Waals surface area contributed by atoms with Crippen LogP contribution in [0.3, 0.4) is 0 Å². The average Bonchev–Trinajstić information content (AvgIpc) is 3.05. The van der Waals surface area contributed by atoms with E-state index in [1.165, 1.54) is 12.1 Å². The highest BCUT2D eigenvalue weighted by Crippen LogP contribution is 2.30. The molecule has 3 aromatic rings. The van der Waals surface area contributed by atoms with Crippen molar-refractivity contribution in [2.75, 3.05) is 42.9 Å². The van der Waals surface area contributed by atoms with Crippen LogP contribution in [-0.2, 0) is 0 Å². The minimum atomic E-state index is -0.347. The Kier molecular flexibility index (Phi) is 5.05. The maximum atomic E-state index is 13.5. The van der Waals surface area contributed by atoms with Crippen molar-refractivity contribution in [3.63, 3.8) is 0 Å². The molecule has 4 rings (SSSR count). The van der Waals surface area contributed by atoms with Crippen molar-refractivity contribution in [3.05, 3.63) is 59.6 Å². The van der Waals surface area contributed by atoms with Gasteiger partial charge in [0.2, 0.25) is 0 Å². The second-order valence-electron chi connectivity index (χ2n) is 7.09. The third kappa shape index (κ3) is 3.47. The van der Waals surface area contributed by atoms with E-state index in [4.69, 9.17) is 4.42 Å². The van der Waals surface area contributed by atoms with Crippen molar-refractivity contribution >= 4 is 28.3 Å². The van der Waals surface area contributed by atoms with E-state index in [0.29, 0.717) is 16.5 Å². The van der Waals surface area contributed by atoms with Crippen LogP contribution in [0.25, 0.3) is 11.0 Å². The first-order chi connectivity index (χ1) is 13.6. The molecule has 0 bridgehead atoms. The predicted molar refractivity (Wildman–Crippen MR) is 110 cm³/mol. The second kappa shape index (κ2) is 7.64. The fourth-order valence-electron chi connectivity index (χ4n) is 3.75. The molecular weight excluding hydrogens is 357 g/mol. The molecule has 1 aliphatic rings. The van der Waals surface area contributed by atoms with Gasteiger partial charge in [-0.1, -0.05) is 19.1 Å². The second-order valence-corrected chi connectivity index (χ2v) is 7.09. The normalized spacial score (nSPS) is 15.2. The molecule has 1 fully saturated rings. The first kappa shape index (κ1) is 18.5. The number of carbonyl (C=O) groups is 1. The standard InChI is InChI=1S/C22H24FN3O2/c1-3-25-10-12-26(13-11-25)19-7-5-4-6-18(19)24-22(27)21-15(2)17-14-16(23)8-9-20(17)28-21/h4-9,14H,3,10-13H2,1-2H3,(H,24,27). The molecule has 1 aliphatic heterocycles. The van der Waals surface area contributed by atoms with Gasteiger partial charge in [0.05, 0.1) is 11.4 Å². The number of hydrogen-bond acceptors (Lipinski definition) is 4. The molecule has 0 atom stereocenters. The number of aryl methyl sites for hydroxylation is 1. The molecule has 0 radical (unpaired) electrons. The maximum absolute atomic E-state index is 13.5. The van der Waals surface area contributed by atoms with Gasteiger partial charge in [0.25, 0.3) is 5.91 Å². The minimum absolute atomic E-state index is 0.214. The molecule has 0 spiro atoms. The number of piperazine rings is 1. The predicted octanol–water partition coefficient (Wildman–Crippen LogP) is 4.27. The highest BCUT2D eigenvalue weighted by molar-refractivity contribution is 6.07. The third-order valence-corrected chi connectivity index (χ3v) is 5.42. The zero-order chi connectivity index (χ0) is 19.7. The van der Waals surface area contributed by atoms with E-state index >= 15 is 0 Å². The molecule has 2 heterocycles. The topological polar surface area (TPSA) is 48.7 Å². The van der Waals surface area contributed by atoms with Gasteiger partial charge in [-0.15, -0.1) is 0 Å². The van der Waals surface area contributed by atoms with Crippen molar-refractivity contribution in [3.8, 4) is 0 Å². The Morgan fingerprint density at radius 1 is 1.14 bits per heavy atom. The summed E-state index contributed by atoms with van der Waals surface area (Å²) in [5, 5.41) is 3.60. The minimum Gasteiger partial charge on any atom is -0.451 e. The molecule has 1 N–H and O–H groups in total. The van der Waals surface area contributed by atoms with E-state index in [0.717, 1.165) is 44.1 Å². The highest BCUT2D eigenvalue weighted by atomic mass is 19.1. The fourth-order valence-corrected chi connectivity index (χ4v) is 3.75. The summed E-state index contributed by atoms with van der Waals surface area (Å²) in [5.41, 5.74) is 2.91. The lowest BCUT2D eigenvalue weighted by molar-refractivity contribution is 0.0998. The number of rotatable bonds is 4. The van der Waals surface area contributed by atoms with E-state index in [9.17, 15) is 9.18 Å². The molecule has 6 heteroatoms. The quantitative estimate of drug-likeness (QED) is 0.733. The molecule has 2 aromatic carbocycles. The number of likely N-dealkylation sites (N-methyl/N-ethyl adjacent to an activating group) is 1. The molecule has 1 aromatic heterocycles. The van der Waals surface area contributed by atoms with Crippen molar-refractivity contribution in [1.29, 1.82) is 0 Å². The van der Waals surface area contributed by atoms with Gasteiger partial charge < -0.3 is 19.5 Å². The van der Waals surface area contributed by atoms with Crippen LogP contribution in [0.5, 0.6) is 0 Å². The fraction of sp³-hybridized carbons (Fsp3) is 0.318. The van der Waals surface area contributed by atoms with Crippen LogP contribution in [0.1, 0.15) is 23.0 Å². The van der Waals surface area contributed by atoms with Gasteiger partial charge in [0.15, 0.2) is 5.76 Å². The number of nitrogens with one attached hydrogen (secondary N) is 1. The monoisotopic (exact) mass is 381 g/mol. The number of halogens is 1. The maximum Gasteiger partial charge on any atom is 0.291 e. The molecular formula is C22H24FN3O2. The summed E-state index contributed by atoms with van der Waals surface area (Å²) in [6, 6.07) is 12.1. The number of para-hydroxylation sites is 2. The van der Waals surface area contributed by atoms with Crippen molar-refractivity contribution in [2.45, 2.75) is 13.8 Å². The summed E-state index contributed by atoms with van der Waals surface area (Å²) < 4.78 is 19.2. The third-order valence-electron chi connectivity index (χ3n) is 5.42. The Balaban J connectivity index is 1.58. The van der Waals surface area contributed by atoms with Crippen molar-refractivity contribution in [2.24, 2.45) is 0 Å². The zero-order valence-electron chi connectivity index (χ0n) is 16.2. The Morgan fingerprint density at radius 3 is 2.64 bits per heavy atom. The van der Waals surface area contributed by atoms with Crippen LogP contribution in [0.2, 0.25) is 0 Å². The first-order valence-corrected chi connectivity index (χ1v) is 9.63. The van der Waals surface area contributed by atoms with Crippen molar-refractivity contribution in [1.82, 2.24) is 4.90 Å². The van der Waals surface area contributed by atoms with Crippen LogP contribution in [-0.4, -0.2) is 43.5 Å². The number of benzene rings is 2. The van der Waals surface area contributed by atoms with E-state index in [1.54, 1.807) is 13.0 Å². The Bertz CT molecular complexity index is 1010.